The van der Waals surface area contributed by atoms with Crippen LogP contribution in [-0.2, 0) is 11.8 Å². The lowest BCUT2D eigenvalue weighted by molar-refractivity contribution is 0.589. The van der Waals surface area contributed by atoms with Crippen molar-refractivity contribution in [3.8, 4) is 11.3 Å². The SMILES string of the molecule is Cc1cc(C(C)(C)C)cc(C)c1-c1cc(CCN)[nH]n1. The molecule has 3 N–H and O–H groups in total. The zero-order chi connectivity index (χ0) is 14.9. The lowest BCUT2D eigenvalue weighted by Crippen LogP contribution is -2.12. The van der Waals surface area contributed by atoms with Crippen LogP contribution >= 0.6 is 0 Å². The van der Waals surface area contributed by atoms with E-state index in [-0.39, 0.29) is 5.41 Å². The van der Waals surface area contributed by atoms with E-state index in [2.05, 4.69) is 63.0 Å². The van der Waals surface area contributed by atoms with Crippen molar-refractivity contribution in [1.29, 1.82) is 0 Å². The number of hydrogen-bond donors (Lipinski definition) is 2. The number of benzene rings is 1. The van der Waals surface area contributed by atoms with Crippen LogP contribution in [0.2, 0.25) is 0 Å². The van der Waals surface area contributed by atoms with Gasteiger partial charge >= 0.3 is 0 Å². The fourth-order valence-corrected chi connectivity index (χ4v) is 2.57. The summed E-state index contributed by atoms with van der Waals surface area (Å²) in [6.45, 7) is 11.7. The van der Waals surface area contributed by atoms with Crippen LogP contribution in [-0.4, -0.2) is 16.7 Å². The molecule has 0 spiro atoms. The molecule has 0 unspecified atom stereocenters. The lowest BCUT2D eigenvalue weighted by Gasteiger charge is -2.22. The molecule has 0 saturated carbocycles. The Hall–Kier alpha value is -1.61. The van der Waals surface area contributed by atoms with Crippen LogP contribution in [0.4, 0.5) is 0 Å². The van der Waals surface area contributed by atoms with Gasteiger partial charge in [0.25, 0.3) is 0 Å². The first-order valence-corrected chi connectivity index (χ1v) is 7.19. The highest BCUT2D eigenvalue weighted by Gasteiger charge is 2.17. The minimum Gasteiger partial charge on any atom is -0.330 e. The van der Waals surface area contributed by atoms with Crippen molar-refractivity contribution < 1.29 is 0 Å². The summed E-state index contributed by atoms with van der Waals surface area (Å²) >= 11 is 0. The van der Waals surface area contributed by atoms with Gasteiger partial charge in [-0.25, -0.2) is 0 Å². The van der Waals surface area contributed by atoms with Crippen molar-refractivity contribution in [2.45, 2.75) is 46.5 Å². The summed E-state index contributed by atoms with van der Waals surface area (Å²) in [7, 11) is 0. The molecule has 0 atom stereocenters. The van der Waals surface area contributed by atoms with Gasteiger partial charge in [-0.05, 0) is 48.6 Å². The van der Waals surface area contributed by atoms with E-state index in [1.54, 1.807) is 0 Å². The fraction of sp³-hybridized carbons (Fsp3) is 0.471. The third kappa shape index (κ3) is 2.93. The highest BCUT2D eigenvalue weighted by molar-refractivity contribution is 5.68. The molecule has 0 aliphatic heterocycles. The van der Waals surface area contributed by atoms with E-state index in [0.29, 0.717) is 6.54 Å². The Balaban J connectivity index is 2.46. The van der Waals surface area contributed by atoms with Crippen LogP contribution in [0.15, 0.2) is 18.2 Å². The molecule has 3 heteroatoms. The summed E-state index contributed by atoms with van der Waals surface area (Å²) in [6.07, 6.45) is 0.838. The van der Waals surface area contributed by atoms with Crippen molar-refractivity contribution in [2.24, 2.45) is 5.73 Å². The minimum atomic E-state index is 0.171. The van der Waals surface area contributed by atoms with Crippen molar-refractivity contribution in [1.82, 2.24) is 10.2 Å². The Morgan fingerprint density at radius 3 is 2.20 bits per heavy atom. The molecule has 1 aromatic heterocycles. The first-order valence-electron chi connectivity index (χ1n) is 7.19. The molecule has 1 aromatic carbocycles. The number of nitrogens with zero attached hydrogens (tertiary/aromatic N) is 1. The van der Waals surface area contributed by atoms with Gasteiger partial charge in [-0.3, -0.25) is 5.10 Å². The Morgan fingerprint density at radius 1 is 1.10 bits per heavy atom. The molecule has 3 nitrogen and oxygen atoms in total. The normalized spacial score (nSPS) is 11.9. The quantitative estimate of drug-likeness (QED) is 0.897. The summed E-state index contributed by atoms with van der Waals surface area (Å²) in [6, 6.07) is 6.66. The van der Waals surface area contributed by atoms with E-state index >= 15 is 0 Å². The van der Waals surface area contributed by atoms with Crippen molar-refractivity contribution in [3.05, 3.63) is 40.6 Å². The lowest BCUT2D eigenvalue weighted by atomic mass is 9.83. The molecule has 1 heterocycles. The van der Waals surface area contributed by atoms with Crippen molar-refractivity contribution in [2.75, 3.05) is 6.54 Å². The molecule has 2 aromatic rings. The first-order chi connectivity index (χ1) is 9.32. The number of H-pyrrole nitrogens is 1. The summed E-state index contributed by atoms with van der Waals surface area (Å²) in [5.74, 6) is 0. The van der Waals surface area contributed by atoms with E-state index in [1.165, 1.54) is 22.3 Å². The Bertz CT molecular complexity index is 580. The van der Waals surface area contributed by atoms with E-state index < -0.39 is 0 Å². The largest absolute Gasteiger partial charge is 0.330 e. The van der Waals surface area contributed by atoms with Gasteiger partial charge in [0, 0.05) is 17.7 Å². The van der Waals surface area contributed by atoms with Gasteiger partial charge in [0.05, 0.1) is 5.69 Å². The van der Waals surface area contributed by atoms with E-state index in [1.807, 2.05) is 0 Å². The third-order valence-corrected chi connectivity index (χ3v) is 3.70. The molecule has 0 aliphatic carbocycles. The molecule has 0 aliphatic rings. The zero-order valence-corrected chi connectivity index (χ0v) is 13.2. The molecule has 0 bridgehead atoms. The summed E-state index contributed by atoms with van der Waals surface area (Å²) < 4.78 is 0. The third-order valence-electron chi connectivity index (χ3n) is 3.70. The Kier molecular flexibility index (Phi) is 4.00. The van der Waals surface area contributed by atoms with Gasteiger partial charge in [-0.15, -0.1) is 0 Å². The maximum atomic E-state index is 5.59. The summed E-state index contributed by atoms with van der Waals surface area (Å²) in [4.78, 5) is 0. The smallest absolute Gasteiger partial charge is 0.0928 e. The predicted octanol–water partition coefficient (Wildman–Crippen LogP) is 3.49. The van der Waals surface area contributed by atoms with Gasteiger partial charge in [0.2, 0.25) is 0 Å². The number of aryl methyl sites for hydroxylation is 2. The number of nitrogens with one attached hydrogen (secondary N) is 1. The summed E-state index contributed by atoms with van der Waals surface area (Å²) in [5, 5.41) is 7.51. The van der Waals surface area contributed by atoms with Gasteiger partial charge in [-0.2, -0.15) is 5.10 Å². The van der Waals surface area contributed by atoms with Gasteiger partial charge in [-0.1, -0.05) is 32.9 Å². The van der Waals surface area contributed by atoms with E-state index in [9.17, 15) is 0 Å². The molecule has 0 radical (unpaired) electrons. The molecule has 108 valence electrons. The Morgan fingerprint density at radius 2 is 1.70 bits per heavy atom. The molecule has 20 heavy (non-hydrogen) atoms. The van der Waals surface area contributed by atoms with Crippen molar-refractivity contribution >= 4 is 0 Å². The van der Waals surface area contributed by atoms with Gasteiger partial charge < -0.3 is 5.73 Å². The molecule has 2 rings (SSSR count). The minimum absolute atomic E-state index is 0.171. The monoisotopic (exact) mass is 271 g/mol. The van der Waals surface area contributed by atoms with Crippen LogP contribution in [0.25, 0.3) is 11.3 Å². The topological polar surface area (TPSA) is 54.7 Å². The van der Waals surface area contributed by atoms with Crippen LogP contribution in [0, 0.1) is 13.8 Å². The second-order valence-electron chi connectivity index (χ2n) is 6.55. The highest BCUT2D eigenvalue weighted by Crippen LogP contribution is 2.32. The average Bonchev–Trinajstić information content (AvgIpc) is 2.76. The standard InChI is InChI=1S/C17H25N3/c1-11-8-13(17(3,4)5)9-12(2)16(11)15-10-14(6-7-18)19-20-15/h8-10H,6-7,18H2,1-5H3,(H,19,20). The Labute approximate surface area is 121 Å². The number of hydrogen-bond acceptors (Lipinski definition) is 2. The fourth-order valence-electron chi connectivity index (χ4n) is 2.57. The predicted molar refractivity (Wildman–Crippen MR) is 85.0 cm³/mol. The van der Waals surface area contributed by atoms with Crippen LogP contribution in [0.5, 0.6) is 0 Å². The van der Waals surface area contributed by atoms with E-state index in [0.717, 1.165) is 17.8 Å². The molecular weight excluding hydrogens is 246 g/mol. The van der Waals surface area contributed by atoms with E-state index in [4.69, 9.17) is 5.73 Å². The molecule has 0 saturated heterocycles. The van der Waals surface area contributed by atoms with Crippen LogP contribution < -0.4 is 5.73 Å². The number of aromatic nitrogens is 2. The van der Waals surface area contributed by atoms with Crippen LogP contribution in [0.3, 0.4) is 0 Å². The maximum absolute atomic E-state index is 5.59. The first kappa shape index (κ1) is 14.8. The number of aromatic amines is 1. The number of rotatable bonds is 3. The highest BCUT2D eigenvalue weighted by atomic mass is 15.1. The molecule has 0 fully saturated rings. The van der Waals surface area contributed by atoms with Crippen molar-refractivity contribution in [3.63, 3.8) is 0 Å². The second-order valence-corrected chi connectivity index (χ2v) is 6.55. The maximum Gasteiger partial charge on any atom is 0.0928 e. The zero-order valence-electron chi connectivity index (χ0n) is 13.2. The average molecular weight is 271 g/mol. The second kappa shape index (κ2) is 5.41. The van der Waals surface area contributed by atoms with Gasteiger partial charge in [0.15, 0.2) is 0 Å². The molecule has 0 amide bonds. The molecular formula is C17H25N3. The summed E-state index contributed by atoms with van der Waals surface area (Å²) in [5.41, 5.74) is 13.0. The number of nitrogens with two attached hydrogens (primary N) is 1. The van der Waals surface area contributed by atoms with Crippen LogP contribution in [0.1, 0.15) is 43.2 Å². The van der Waals surface area contributed by atoms with Gasteiger partial charge in [0.1, 0.15) is 0 Å².